The van der Waals surface area contributed by atoms with Gasteiger partial charge in [0, 0.05) is 6.07 Å². The van der Waals surface area contributed by atoms with Gasteiger partial charge in [-0.1, -0.05) is 5.16 Å². The second-order valence-corrected chi connectivity index (χ2v) is 3.05. The van der Waals surface area contributed by atoms with E-state index in [-0.39, 0.29) is 12.4 Å². The van der Waals surface area contributed by atoms with Crippen LogP contribution in [0.5, 0.6) is 0 Å². The molecule has 1 aromatic rings. The average Bonchev–Trinajstić information content (AvgIpc) is 2.11. The van der Waals surface area contributed by atoms with Crippen molar-refractivity contribution in [2.45, 2.75) is 26.3 Å². The van der Waals surface area contributed by atoms with Gasteiger partial charge in [0.2, 0.25) is 0 Å². The topological polar surface area (TPSA) is 52.0 Å². The Labute approximate surface area is 72.3 Å². The minimum absolute atomic E-state index is 0. The number of hydrogen-bond donors (Lipinski definition) is 1. The number of halogens is 1. The molecule has 0 radical (unpaired) electrons. The van der Waals surface area contributed by atoms with E-state index in [1.165, 1.54) is 0 Å². The van der Waals surface area contributed by atoms with E-state index in [9.17, 15) is 0 Å². The second kappa shape index (κ2) is 3.24. The summed E-state index contributed by atoms with van der Waals surface area (Å²) in [7, 11) is 0. The third-order valence-corrected chi connectivity index (χ3v) is 1.26. The standard InChI is InChI=1S/C7H12N2O.ClH/c1-5-4-6(10-9-5)7(2,3)8;/h4H,8H2,1-3H3;1H. The van der Waals surface area contributed by atoms with E-state index < -0.39 is 5.54 Å². The van der Waals surface area contributed by atoms with Crippen molar-refractivity contribution in [1.29, 1.82) is 0 Å². The molecule has 0 spiro atoms. The van der Waals surface area contributed by atoms with Gasteiger partial charge in [-0.15, -0.1) is 12.4 Å². The minimum Gasteiger partial charge on any atom is -0.359 e. The third kappa shape index (κ3) is 2.52. The summed E-state index contributed by atoms with van der Waals surface area (Å²) in [6, 6.07) is 1.85. The van der Waals surface area contributed by atoms with Crippen molar-refractivity contribution in [3.63, 3.8) is 0 Å². The molecule has 1 heterocycles. The first-order chi connectivity index (χ1) is 4.50. The molecule has 0 saturated carbocycles. The van der Waals surface area contributed by atoms with Gasteiger partial charge in [0.1, 0.15) is 0 Å². The number of rotatable bonds is 1. The molecule has 0 aliphatic heterocycles. The zero-order valence-electron chi connectivity index (χ0n) is 6.92. The van der Waals surface area contributed by atoms with Crippen LogP contribution in [0, 0.1) is 6.92 Å². The fourth-order valence-electron chi connectivity index (χ4n) is 0.667. The normalized spacial score (nSPS) is 10.9. The quantitative estimate of drug-likeness (QED) is 0.707. The van der Waals surface area contributed by atoms with Crippen LogP contribution in [0.25, 0.3) is 0 Å². The highest BCUT2D eigenvalue weighted by Gasteiger charge is 2.18. The van der Waals surface area contributed by atoms with Crippen LogP contribution in [0.15, 0.2) is 10.6 Å². The van der Waals surface area contributed by atoms with Crippen molar-refractivity contribution >= 4 is 12.4 Å². The molecule has 0 unspecified atom stereocenters. The predicted molar refractivity (Wildman–Crippen MR) is 45.7 cm³/mol. The zero-order chi connectivity index (χ0) is 7.78. The van der Waals surface area contributed by atoms with Gasteiger partial charge in [-0.05, 0) is 20.8 Å². The van der Waals surface area contributed by atoms with Crippen LogP contribution in [0.1, 0.15) is 25.3 Å². The molecular formula is C7H13ClN2O. The molecule has 4 heteroatoms. The van der Waals surface area contributed by atoms with Gasteiger partial charge in [0.25, 0.3) is 0 Å². The predicted octanol–water partition coefficient (Wildman–Crippen LogP) is 1.60. The van der Waals surface area contributed by atoms with E-state index in [2.05, 4.69) is 5.16 Å². The molecule has 0 aliphatic carbocycles. The van der Waals surface area contributed by atoms with Crippen LogP contribution < -0.4 is 5.73 Å². The van der Waals surface area contributed by atoms with E-state index in [0.717, 1.165) is 11.5 Å². The number of nitrogens with zero attached hydrogens (tertiary/aromatic N) is 1. The first-order valence-corrected chi connectivity index (χ1v) is 3.23. The molecule has 11 heavy (non-hydrogen) atoms. The third-order valence-electron chi connectivity index (χ3n) is 1.26. The molecule has 1 aromatic heterocycles. The van der Waals surface area contributed by atoms with Crippen molar-refractivity contribution in [2.75, 3.05) is 0 Å². The Hall–Kier alpha value is -0.540. The average molecular weight is 177 g/mol. The van der Waals surface area contributed by atoms with E-state index >= 15 is 0 Å². The number of aryl methyl sites for hydroxylation is 1. The van der Waals surface area contributed by atoms with Crippen LogP contribution in [-0.2, 0) is 5.54 Å². The fourth-order valence-corrected chi connectivity index (χ4v) is 0.667. The van der Waals surface area contributed by atoms with E-state index in [1.54, 1.807) is 0 Å². The van der Waals surface area contributed by atoms with Gasteiger partial charge in [0.15, 0.2) is 5.76 Å². The summed E-state index contributed by atoms with van der Waals surface area (Å²) in [5.41, 5.74) is 6.19. The second-order valence-electron chi connectivity index (χ2n) is 3.05. The molecule has 0 fully saturated rings. The first-order valence-electron chi connectivity index (χ1n) is 3.23. The Morgan fingerprint density at radius 1 is 1.55 bits per heavy atom. The maximum atomic E-state index is 5.74. The Morgan fingerprint density at radius 3 is 2.27 bits per heavy atom. The lowest BCUT2D eigenvalue weighted by molar-refractivity contribution is 0.319. The SMILES string of the molecule is Cc1cc(C(C)(C)N)on1.Cl. The molecule has 0 aromatic carbocycles. The van der Waals surface area contributed by atoms with E-state index in [0.29, 0.717) is 0 Å². The molecule has 1 rings (SSSR count). The van der Waals surface area contributed by atoms with E-state index in [1.807, 2.05) is 26.8 Å². The largest absolute Gasteiger partial charge is 0.359 e. The van der Waals surface area contributed by atoms with Crippen molar-refractivity contribution in [3.05, 3.63) is 17.5 Å². The van der Waals surface area contributed by atoms with Gasteiger partial charge in [0.05, 0.1) is 11.2 Å². The monoisotopic (exact) mass is 176 g/mol. The minimum atomic E-state index is -0.415. The van der Waals surface area contributed by atoms with Gasteiger partial charge < -0.3 is 10.3 Å². The number of aromatic nitrogens is 1. The van der Waals surface area contributed by atoms with Crippen LogP contribution in [-0.4, -0.2) is 5.16 Å². The molecule has 64 valence electrons. The van der Waals surface area contributed by atoms with Crippen LogP contribution in [0.4, 0.5) is 0 Å². The van der Waals surface area contributed by atoms with Crippen LogP contribution in [0.2, 0.25) is 0 Å². The van der Waals surface area contributed by atoms with Crippen LogP contribution >= 0.6 is 12.4 Å². The molecule has 0 atom stereocenters. The highest BCUT2D eigenvalue weighted by molar-refractivity contribution is 5.85. The molecule has 3 nitrogen and oxygen atoms in total. The van der Waals surface area contributed by atoms with Crippen molar-refractivity contribution in [1.82, 2.24) is 5.16 Å². The first kappa shape index (κ1) is 10.5. The summed E-state index contributed by atoms with van der Waals surface area (Å²) in [5.74, 6) is 0.727. The molecule has 0 bridgehead atoms. The Bertz CT molecular complexity index is 227. The van der Waals surface area contributed by atoms with Crippen molar-refractivity contribution < 1.29 is 4.52 Å². The van der Waals surface area contributed by atoms with Crippen molar-refractivity contribution in [3.8, 4) is 0 Å². The summed E-state index contributed by atoms with van der Waals surface area (Å²) >= 11 is 0. The summed E-state index contributed by atoms with van der Waals surface area (Å²) in [6.45, 7) is 5.64. The smallest absolute Gasteiger partial charge is 0.156 e. The van der Waals surface area contributed by atoms with Gasteiger partial charge in [-0.25, -0.2) is 0 Å². The number of hydrogen-bond acceptors (Lipinski definition) is 3. The lowest BCUT2D eigenvalue weighted by Gasteiger charge is -2.12. The number of nitrogens with two attached hydrogens (primary N) is 1. The summed E-state index contributed by atoms with van der Waals surface area (Å²) < 4.78 is 4.95. The van der Waals surface area contributed by atoms with Gasteiger partial charge in [-0.3, -0.25) is 0 Å². The maximum absolute atomic E-state index is 5.74. The van der Waals surface area contributed by atoms with Crippen LogP contribution in [0.3, 0.4) is 0 Å². The zero-order valence-corrected chi connectivity index (χ0v) is 7.73. The molecule has 0 saturated heterocycles. The Morgan fingerprint density at radius 2 is 2.09 bits per heavy atom. The van der Waals surface area contributed by atoms with E-state index in [4.69, 9.17) is 10.3 Å². The highest BCUT2D eigenvalue weighted by Crippen LogP contribution is 2.16. The fraction of sp³-hybridized carbons (Fsp3) is 0.571. The summed E-state index contributed by atoms with van der Waals surface area (Å²) in [4.78, 5) is 0. The highest BCUT2D eigenvalue weighted by atomic mass is 35.5. The Balaban J connectivity index is 0.000001000. The maximum Gasteiger partial charge on any atom is 0.156 e. The molecule has 0 amide bonds. The lowest BCUT2D eigenvalue weighted by atomic mass is 10.0. The molecular weight excluding hydrogens is 164 g/mol. The summed E-state index contributed by atoms with van der Waals surface area (Å²) in [6.07, 6.45) is 0. The van der Waals surface area contributed by atoms with Crippen molar-refractivity contribution in [2.24, 2.45) is 5.73 Å². The molecule has 2 N–H and O–H groups in total. The van der Waals surface area contributed by atoms with Gasteiger partial charge >= 0.3 is 0 Å². The Kier molecular flexibility index (Phi) is 3.08. The molecule has 0 aliphatic rings. The lowest BCUT2D eigenvalue weighted by Crippen LogP contribution is -2.27. The summed E-state index contributed by atoms with van der Waals surface area (Å²) in [5, 5.41) is 3.73. The van der Waals surface area contributed by atoms with Gasteiger partial charge in [-0.2, -0.15) is 0 Å².